The average Bonchev–Trinajstić information content (AvgIpc) is 2.64. The molecule has 0 atom stereocenters. The van der Waals surface area contributed by atoms with Gasteiger partial charge in [0, 0.05) is 36.8 Å². The van der Waals surface area contributed by atoms with Crippen LogP contribution in [0, 0.1) is 0 Å². The van der Waals surface area contributed by atoms with Crippen LogP contribution in [0.2, 0.25) is 10.3 Å². The van der Waals surface area contributed by atoms with Gasteiger partial charge in [-0.15, -0.1) is 0 Å². The molecule has 2 aromatic rings. The molecular formula is C19H23BrCl2N4O2. The van der Waals surface area contributed by atoms with Crippen molar-refractivity contribution >= 4 is 50.9 Å². The number of anilines is 1. The Balaban J connectivity index is 0.000000292. The van der Waals surface area contributed by atoms with Gasteiger partial charge in [0.05, 0.1) is 11.9 Å². The third-order valence-electron chi connectivity index (χ3n) is 3.70. The number of amides is 1. The molecule has 0 unspecified atom stereocenters. The van der Waals surface area contributed by atoms with Crippen molar-refractivity contribution in [2.75, 3.05) is 31.1 Å². The quantitative estimate of drug-likeness (QED) is 0.509. The van der Waals surface area contributed by atoms with E-state index in [4.69, 9.17) is 27.9 Å². The Morgan fingerprint density at radius 2 is 1.57 bits per heavy atom. The fourth-order valence-corrected chi connectivity index (χ4v) is 2.84. The van der Waals surface area contributed by atoms with Gasteiger partial charge in [0.1, 0.15) is 15.9 Å². The van der Waals surface area contributed by atoms with Crippen LogP contribution in [0.5, 0.6) is 0 Å². The third kappa shape index (κ3) is 7.81. The number of ether oxygens (including phenoxy) is 1. The lowest BCUT2D eigenvalue weighted by Gasteiger charge is -2.36. The molecule has 1 aliphatic rings. The maximum absolute atomic E-state index is 12.0. The van der Waals surface area contributed by atoms with Crippen LogP contribution in [0.3, 0.4) is 0 Å². The minimum absolute atomic E-state index is 0.244. The van der Waals surface area contributed by atoms with E-state index in [1.165, 1.54) is 0 Å². The zero-order chi connectivity index (χ0) is 20.7. The largest absolute Gasteiger partial charge is 0.444 e. The summed E-state index contributed by atoms with van der Waals surface area (Å²) in [6.45, 7) is 8.46. The summed E-state index contributed by atoms with van der Waals surface area (Å²) in [6.07, 6.45) is 3.17. The predicted octanol–water partition coefficient (Wildman–Crippen LogP) is 5.29. The molecule has 0 bridgehead atoms. The SMILES string of the molecule is CC(C)(C)OC(=O)N1CCN(c2ccc(Cl)nc2)CC1.Clc1ccc(Br)cn1. The Kier molecular flexibility index (Phi) is 8.34. The van der Waals surface area contributed by atoms with E-state index in [0.717, 1.165) is 23.2 Å². The number of rotatable bonds is 1. The molecule has 0 radical (unpaired) electrons. The van der Waals surface area contributed by atoms with Crippen LogP contribution >= 0.6 is 39.1 Å². The Labute approximate surface area is 183 Å². The maximum atomic E-state index is 12.0. The van der Waals surface area contributed by atoms with Gasteiger partial charge in [-0.05, 0) is 61.0 Å². The van der Waals surface area contributed by atoms with Gasteiger partial charge in [-0.2, -0.15) is 0 Å². The first-order chi connectivity index (χ1) is 13.1. The molecular weight excluding hydrogens is 467 g/mol. The van der Waals surface area contributed by atoms with E-state index in [0.29, 0.717) is 23.4 Å². The van der Waals surface area contributed by atoms with E-state index < -0.39 is 5.60 Å². The second kappa shape index (κ2) is 10.3. The second-order valence-electron chi connectivity index (χ2n) is 7.09. The average molecular weight is 490 g/mol. The van der Waals surface area contributed by atoms with Crippen molar-refractivity contribution in [2.45, 2.75) is 26.4 Å². The first kappa shape index (κ1) is 22.7. The Morgan fingerprint density at radius 1 is 1.00 bits per heavy atom. The molecule has 0 N–H and O–H groups in total. The lowest BCUT2D eigenvalue weighted by atomic mass is 10.2. The topological polar surface area (TPSA) is 58.6 Å². The minimum atomic E-state index is -0.450. The van der Waals surface area contributed by atoms with Gasteiger partial charge in [0.2, 0.25) is 0 Å². The van der Waals surface area contributed by atoms with Crippen LogP contribution in [0.15, 0.2) is 41.1 Å². The monoisotopic (exact) mass is 488 g/mol. The Hall–Kier alpha value is -1.57. The highest BCUT2D eigenvalue weighted by molar-refractivity contribution is 9.10. The lowest BCUT2D eigenvalue weighted by molar-refractivity contribution is 0.0240. The Bertz CT molecular complexity index is 738. The lowest BCUT2D eigenvalue weighted by Crippen LogP contribution is -2.50. The van der Waals surface area contributed by atoms with Crippen molar-refractivity contribution in [3.05, 3.63) is 51.4 Å². The smallest absolute Gasteiger partial charge is 0.410 e. The molecule has 3 rings (SSSR count). The molecule has 2 aromatic heterocycles. The van der Waals surface area contributed by atoms with Gasteiger partial charge in [0.25, 0.3) is 0 Å². The van der Waals surface area contributed by atoms with Crippen LogP contribution in [0.1, 0.15) is 20.8 Å². The van der Waals surface area contributed by atoms with E-state index in [9.17, 15) is 4.79 Å². The number of hydrogen-bond acceptors (Lipinski definition) is 5. The molecule has 28 heavy (non-hydrogen) atoms. The summed E-state index contributed by atoms with van der Waals surface area (Å²) in [4.78, 5) is 23.8. The predicted molar refractivity (Wildman–Crippen MR) is 116 cm³/mol. The van der Waals surface area contributed by atoms with Crippen LogP contribution in [0.4, 0.5) is 10.5 Å². The summed E-state index contributed by atoms with van der Waals surface area (Å²) >= 11 is 14.5. The van der Waals surface area contributed by atoms with E-state index in [1.54, 1.807) is 29.4 Å². The number of nitrogens with zero attached hydrogens (tertiary/aromatic N) is 4. The molecule has 1 aliphatic heterocycles. The molecule has 1 saturated heterocycles. The fraction of sp³-hybridized carbons (Fsp3) is 0.421. The van der Waals surface area contributed by atoms with Crippen molar-refractivity contribution < 1.29 is 9.53 Å². The number of piperazine rings is 1. The first-order valence-electron chi connectivity index (χ1n) is 8.75. The molecule has 1 amide bonds. The summed E-state index contributed by atoms with van der Waals surface area (Å²) in [7, 11) is 0. The van der Waals surface area contributed by atoms with Crippen LogP contribution in [-0.4, -0.2) is 52.7 Å². The van der Waals surface area contributed by atoms with Crippen molar-refractivity contribution in [1.29, 1.82) is 0 Å². The summed E-state index contributed by atoms with van der Waals surface area (Å²) < 4.78 is 6.32. The second-order valence-corrected chi connectivity index (χ2v) is 8.78. The van der Waals surface area contributed by atoms with Gasteiger partial charge >= 0.3 is 6.09 Å². The molecule has 3 heterocycles. The van der Waals surface area contributed by atoms with Crippen LogP contribution in [0.25, 0.3) is 0 Å². The van der Waals surface area contributed by atoms with E-state index in [2.05, 4.69) is 30.8 Å². The molecule has 0 aromatic carbocycles. The van der Waals surface area contributed by atoms with E-state index >= 15 is 0 Å². The number of hydrogen-bond donors (Lipinski definition) is 0. The van der Waals surface area contributed by atoms with Gasteiger partial charge in [0.15, 0.2) is 0 Å². The third-order valence-corrected chi connectivity index (χ3v) is 4.62. The van der Waals surface area contributed by atoms with Crippen LogP contribution < -0.4 is 4.90 Å². The molecule has 6 nitrogen and oxygen atoms in total. The van der Waals surface area contributed by atoms with Gasteiger partial charge in [-0.3, -0.25) is 0 Å². The number of carbonyl (C=O) groups is 1. The number of aromatic nitrogens is 2. The van der Waals surface area contributed by atoms with E-state index in [1.807, 2.05) is 32.9 Å². The number of carbonyl (C=O) groups excluding carboxylic acids is 1. The summed E-state index contributed by atoms with van der Waals surface area (Å²) in [5.74, 6) is 0. The standard InChI is InChI=1S/C14H20ClN3O2.C5H3BrClN/c1-14(2,3)20-13(19)18-8-6-17(7-9-18)11-4-5-12(15)16-10-11;6-4-1-2-5(7)8-3-4/h4-5,10H,6-9H2,1-3H3;1-3H. The van der Waals surface area contributed by atoms with Gasteiger partial charge in [-0.1, -0.05) is 23.2 Å². The minimum Gasteiger partial charge on any atom is -0.444 e. The highest BCUT2D eigenvalue weighted by Gasteiger charge is 2.25. The molecule has 0 saturated carbocycles. The molecule has 1 fully saturated rings. The van der Waals surface area contributed by atoms with Crippen LogP contribution in [-0.2, 0) is 4.74 Å². The van der Waals surface area contributed by atoms with Gasteiger partial charge in [-0.25, -0.2) is 14.8 Å². The highest BCUT2D eigenvalue weighted by atomic mass is 79.9. The molecule has 0 aliphatic carbocycles. The first-order valence-corrected chi connectivity index (χ1v) is 10.3. The fourth-order valence-electron chi connectivity index (χ4n) is 2.39. The molecule has 0 spiro atoms. The number of halogens is 3. The van der Waals surface area contributed by atoms with Crippen molar-refractivity contribution in [3.8, 4) is 0 Å². The Morgan fingerprint density at radius 3 is 2.00 bits per heavy atom. The van der Waals surface area contributed by atoms with E-state index in [-0.39, 0.29) is 6.09 Å². The molecule has 152 valence electrons. The summed E-state index contributed by atoms with van der Waals surface area (Å²) in [6, 6.07) is 7.29. The van der Waals surface area contributed by atoms with Crippen molar-refractivity contribution in [3.63, 3.8) is 0 Å². The maximum Gasteiger partial charge on any atom is 0.410 e. The summed E-state index contributed by atoms with van der Waals surface area (Å²) in [5, 5.41) is 1.01. The normalized spacial score (nSPS) is 14.2. The number of pyridine rings is 2. The zero-order valence-corrected chi connectivity index (χ0v) is 19.1. The van der Waals surface area contributed by atoms with Crippen molar-refractivity contribution in [1.82, 2.24) is 14.9 Å². The van der Waals surface area contributed by atoms with Crippen molar-refractivity contribution in [2.24, 2.45) is 0 Å². The highest BCUT2D eigenvalue weighted by Crippen LogP contribution is 2.18. The summed E-state index contributed by atoms with van der Waals surface area (Å²) in [5.41, 5.74) is 0.576. The molecule has 9 heteroatoms. The zero-order valence-electron chi connectivity index (χ0n) is 16.0. The van der Waals surface area contributed by atoms with Gasteiger partial charge < -0.3 is 14.5 Å².